The Balaban J connectivity index is 1.04. The lowest BCUT2D eigenvalue weighted by molar-refractivity contribution is -0.405. The lowest BCUT2D eigenvalue weighted by Crippen LogP contribution is -2.71. The highest BCUT2D eigenvalue weighted by Gasteiger charge is 2.62. The van der Waals surface area contributed by atoms with Crippen LogP contribution in [0.3, 0.4) is 0 Å². The van der Waals surface area contributed by atoms with Gasteiger partial charge in [-0.2, -0.15) is 0 Å². The second-order valence-corrected chi connectivity index (χ2v) is 31.7. The molecule has 10 heterocycles. The molecule has 10 rings (SSSR count). The zero-order valence-electron chi connectivity index (χ0n) is 67.7. The summed E-state index contributed by atoms with van der Waals surface area (Å²) in [7, 11) is 0. The number of aliphatic hydroxyl groups excluding tert-OH is 26. The van der Waals surface area contributed by atoms with Crippen molar-refractivity contribution >= 4 is 29.5 Å². The maximum absolute atomic E-state index is 13.3. The molecule has 5 amide bonds. The fourth-order valence-electron chi connectivity index (χ4n) is 16.2. The van der Waals surface area contributed by atoms with Gasteiger partial charge in [-0.3, -0.25) is 24.0 Å². The van der Waals surface area contributed by atoms with Crippen LogP contribution in [0.5, 0.6) is 0 Å². The number of aliphatic hydroxyl groups is 26. The van der Waals surface area contributed by atoms with Gasteiger partial charge in [0.25, 0.3) is 0 Å². The smallest absolute Gasteiger partial charge is 0.217 e. The minimum Gasteiger partial charge on any atom is -0.394 e. The average Bonchev–Trinajstić information content (AvgIpc) is 0.756. The largest absolute Gasteiger partial charge is 0.394 e. The summed E-state index contributed by atoms with van der Waals surface area (Å²) in [5, 5.41) is 305. The molecule has 0 radical (unpaired) electrons. The van der Waals surface area contributed by atoms with E-state index in [0.717, 1.165) is 34.6 Å². The molecule has 0 bridgehead atoms. The van der Waals surface area contributed by atoms with Gasteiger partial charge in [0, 0.05) is 34.6 Å². The molecule has 0 saturated carbocycles. The third-order valence-corrected chi connectivity index (χ3v) is 22.8. The van der Waals surface area contributed by atoms with E-state index >= 15 is 0 Å². The van der Waals surface area contributed by atoms with Gasteiger partial charge in [0.2, 0.25) is 29.5 Å². The highest BCUT2D eigenvalue weighted by atomic mass is 16.8. The molecule has 10 fully saturated rings. The second kappa shape index (κ2) is 44.9. The van der Waals surface area contributed by atoms with Crippen LogP contribution < -0.4 is 26.6 Å². The molecule has 125 heavy (non-hydrogen) atoms. The van der Waals surface area contributed by atoms with E-state index in [2.05, 4.69) is 26.6 Å². The molecule has 0 unspecified atom stereocenters. The van der Waals surface area contributed by atoms with E-state index in [9.17, 15) is 157 Å². The number of hydrogen-bond acceptors (Lipinski definition) is 50. The first-order valence-corrected chi connectivity index (χ1v) is 40.0. The summed E-state index contributed by atoms with van der Waals surface area (Å²) in [4.78, 5) is 64.4. The van der Waals surface area contributed by atoms with Gasteiger partial charge in [0.15, 0.2) is 62.9 Å². The van der Waals surface area contributed by atoms with Gasteiger partial charge in [-0.15, -0.1) is 0 Å². The Hall–Kier alpha value is -4.45. The number of ether oxygens (including phenoxy) is 19. The maximum atomic E-state index is 13.3. The van der Waals surface area contributed by atoms with E-state index in [4.69, 9.17) is 90.0 Å². The fourth-order valence-corrected chi connectivity index (χ4v) is 16.2. The molecule has 0 spiro atoms. The van der Waals surface area contributed by atoms with E-state index in [1.54, 1.807) is 0 Å². The molecular weight excluding hydrogens is 1710 g/mol. The summed E-state index contributed by atoms with van der Waals surface area (Å²) in [5.41, 5.74) is 0. The van der Waals surface area contributed by atoms with Gasteiger partial charge in [0.05, 0.1) is 65.6 Å². The molecule has 10 saturated heterocycles. The third-order valence-electron chi connectivity index (χ3n) is 22.8. The molecule has 55 heteroatoms. The lowest BCUT2D eigenvalue weighted by atomic mass is 9.93. The Morgan fingerprint density at radius 1 is 0.224 bits per heavy atom. The molecule has 0 aliphatic carbocycles. The number of nitrogens with one attached hydrogen (secondary N) is 5. The van der Waals surface area contributed by atoms with Crippen LogP contribution in [0.15, 0.2) is 0 Å². The van der Waals surface area contributed by atoms with Crippen LogP contribution in [0.2, 0.25) is 0 Å². The lowest BCUT2D eigenvalue weighted by Gasteiger charge is -2.52. The fraction of sp³-hybridized carbons (Fsp3) is 0.929. The van der Waals surface area contributed by atoms with Crippen LogP contribution in [-0.4, -0.2) is 529 Å². The van der Waals surface area contributed by atoms with Crippen LogP contribution in [0.25, 0.3) is 0 Å². The Kier molecular flexibility index (Phi) is 36.8. The van der Waals surface area contributed by atoms with Gasteiger partial charge in [-0.25, -0.2) is 0 Å². The summed E-state index contributed by atoms with van der Waals surface area (Å²) in [6.45, 7) is -4.13. The summed E-state index contributed by atoms with van der Waals surface area (Å²) in [6.07, 6.45) is -94.6. The zero-order chi connectivity index (χ0) is 92.1. The van der Waals surface area contributed by atoms with Crippen LogP contribution in [0.4, 0.5) is 0 Å². The average molecular weight is 1830 g/mol. The normalized spacial score (nSPS) is 48.7. The quantitative estimate of drug-likeness (QED) is 0.0297. The number of hydrogen-bond donors (Lipinski definition) is 31. The minimum absolute atomic E-state index is 0.854. The molecule has 0 aromatic rings. The molecule has 50 atom stereocenters. The highest BCUT2D eigenvalue weighted by Crippen LogP contribution is 2.41. The van der Waals surface area contributed by atoms with Crippen LogP contribution >= 0.6 is 0 Å². The van der Waals surface area contributed by atoms with Gasteiger partial charge in [-0.1, -0.05) is 0 Å². The van der Waals surface area contributed by atoms with Crippen molar-refractivity contribution in [3.63, 3.8) is 0 Å². The van der Waals surface area contributed by atoms with E-state index in [-0.39, 0.29) is 0 Å². The Morgan fingerprint density at radius 3 is 0.936 bits per heavy atom. The van der Waals surface area contributed by atoms with Crippen molar-refractivity contribution in [1.82, 2.24) is 26.6 Å². The van der Waals surface area contributed by atoms with Crippen molar-refractivity contribution < 1.29 is 247 Å². The number of carbonyl (C=O) groups excluding carboxylic acids is 5. The maximum Gasteiger partial charge on any atom is 0.217 e. The highest BCUT2D eigenvalue weighted by molar-refractivity contribution is 5.75. The van der Waals surface area contributed by atoms with Crippen LogP contribution in [0.1, 0.15) is 41.5 Å². The van der Waals surface area contributed by atoms with Crippen LogP contribution in [0, 0.1) is 0 Å². The number of rotatable bonds is 32. The Bertz CT molecular complexity index is 3420. The predicted molar refractivity (Wildman–Crippen MR) is 386 cm³/mol. The predicted octanol–water partition coefficient (Wildman–Crippen LogP) is -21.1. The minimum atomic E-state index is -2.69. The van der Waals surface area contributed by atoms with Gasteiger partial charge in [0.1, 0.15) is 238 Å². The molecule has 55 nitrogen and oxygen atoms in total. The monoisotopic (exact) mass is 1830 g/mol. The topological polar surface area (TPSA) is 847 Å². The van der Waals surface area contributed by atoms with Crippen molar-refractivity contribution in [2.45, 2.75) is 348 Å². The van der Waals surface area contributed by atoms with Gasteiger partial charge >= 0.3 is 0 Å². The van der Waals surface area contributed by atoms with Crippen molar-refractivity contribution in [1.29, 1.82) is 0 Å². The first kappa shape index (κ1) is 103. The van der Waals surface area contributed by atoms with E-state index in [1.807, 2.05) is 0 Å². The molecule has 722 valence electrons. The van der Waals surface area contributed by atoms with E-state index in [0.29, 0.717) is 0 Å². The number of amides is 5. The zero-order valence-corrected chi connectivity index (χ0v) is 67.7. The summed E-state index contributed by atoms with van der Waals surface area (Å²) < 4.78 is 114. The van der Waals surface area contributed by atoms with Crippen molar-refractivity contribution in [2.24, 2.45) is 0 Å². The van der Waals surface area contributed by atoms with Gasteiger partial charge < -0.3 is 249 Å². The molecule has 31 N–H and O–H groups in total. The van der Waals surface area contributed by atoms with Crippen molar-refractivity contribution in [3.05, 3.63) is 0 Å². The third kappa shape index (κ3) is 23.1. The van der Waals surface area contributed by atoms with Crippen LogP contribution in [-0.2, 0) is 114 Å². The Morgan fingerprint density at radius 2 is 0.504 bits per heavy atom. The second-order valence-electron chi connectivity index (χ2n) is 31.7. The molecule has 10 aliphatic heterocycles. The first-order chi connectivity index (χ1) is 59.1. The SMILES string of the molecule is CC(=O)N[C@@H]1[C@@H](O)[C@H](O[C@@H]2O[C@H](CO)[C@@H](O[C@@H]3O[C@H](CO[C@H]4O[C@H](CO)[C@@H](O)[C@H](O)[C@@H]4O[C@@H]4O[C@H](CO)[C@@H](O)[C@H](O)[C@H]4NC(C)=O)[C@@H](O)[C@H](O[C@H]4O[C@H](CO)[C@@H](O[C@@H]5O[C@H](CO)[C@@H](O)[C@H](O)[C@H]5NC(C)=O)[C@H](O)[C@@H]4O[C@@H]4O[C@H](CO)[C@@H](O[C@@H]5O[C@H](CO)[C@H](O)[C@H](O)[C@H]5O)[C@H](O)[C@H]4NC(C)=O)[C@@H]3O)[C@H](O)[C@H]2NC(C)=O)[C@@H](CO[C@H]2O[C@H](C)[C@H](O)[C@H](O)[C@H]2O)O[C@H]1O. The standard InChI is InChI=1S/C70H117N5O50/c1-16-36(88)47(99)50(102)66(109-16)107-15-30-57(44(96)31(61(106)110-30)71-17(2)83)120-64-34(74-20(5)86)45(97)55(27(12-81)115-64)122-68-53(105)58(41(93)29(118-68)14-108-69-59(49(101)40(92)25(10-79)114-69)124-63-33(73-19(4)85)43(95)38(90)23(8-77)112-63)123-70-60(52(104)56(28(13-82)117-70)119-62-32(72-18(3)84)42(94)37(89)22(7-76)111-62)125-65-35(75-21(6)87)46(98)54(26(11-80)116-65)121-67-51(103)48(100)39(91)24(9-78)113-67/h16,22-70,76-82,88-106H,7-15H2,1-6H3,(H,71,83)(H,72,84)(H,73,85)(H,74,86)(H,75,87)/t16-,22-,23-,24-,25-,26-,27-,28-,29-,30-,31-,32-,33-,34-,35-,36+,37-,38-,39+,40-,41-,42-,43-,44-,45-,46-,47+,48+,49+,50-,51-,52+,53+,54-,55-,56-,57-,58+,59+,60+,61-,62+,63+,64+,65+,66+,67+,68+,69+,70-/m1/s1. The summed E-state index contributed by atoms with van der Waals surface area (Å²) in [6, 6.07) is -9.53. The molecule has 0 aromatic carbocycles. The van der Waals surface area contributed by atoms with Crippen molar-refractivity contribution in [2.75, 3.05) is 59.5 Å². The molecular formula is C70H117N5O50. The Labute approximate surface area is 708 Å². The summed E-state index contributed by atoms with van der Waals surface area (Å²) in [5.74, 6) is -4.67. The summed E-state index contributed by atoms with van der Waals surface area (Å²) >= 11 is 0. The van der Waals surface area contributed by atoms with E-state index in [1.165, 1.54) is 6.92 Å². The molecule has 0 aromatic heterocycles. The first-order valence-electron chi connectivity index (χ1n) is 40.0. The van der Waals surface area contributed by atoms with E-state index < -0.39 is 396 Å². The molecule has 10 aliphatic rings. The van der Waals surface area contributed by atoms with Gasteiger partial charge in [-0.05, 0) is 6.92 Å². The number of carbonyl (C=O) groups is 5. The van der Waals surface area contributed by atoms with Crippen molar-refractivity contribution in [3.8, 4) is 0 Å².